The molecule has 1 aliphatic heterocycles. The van der Waals surface area contributed by atoms with Crippen LogP contribution in [0, 0.1) is 5.92 Å². The SMILES string of the molecule is CC1CCN(C(C)c2cccc(OC(F)F)c2)C1C(=O)O. The molecule has 3 atom stereocenters. The second-order valence-corrected chi connectivity index (χ2v) is 5.41. The van der Waals surface area contributed by atoms with Gasteiger partial charge in [0, 0.05) is 6.04 Å². The van der Waals surface area contributed by atoms with Crippen molar-refractivity contribution in [1.29, 1.82) is 0 Å². The molecule has 1 aliphatic rings. The van der Waals surface area contributed by atoms with Crippen LogP contribution >= 0.6 is 0 Å². The molecule has 0 radical (unpaired) electrons. The fourth-order valence-corrected chi connectivity index (χ4v) is 2.94. The monoisotopic (exact) mass is 299 g/mol. The van der Waals surface area contributed by atoms with E-state index in [2.05, 4.69) is 4.74 Å². The number of aliphatic carboxylic acids is 1. The minimum atomic E-state index is -2.87. The maximum Gasteiger partial charge on any atom is 0.387 e. The zero-order valence-electron chi connectivity index (χ0n) is 12.0. The second-order valence-electron chi connectivity index (χ2n) is 5.41. The summed E-state index contributed by atoms with van der Waals surface area (Å²) in [4.78, 5) is 13.3. The number of benzene rings is 1. The Kier molecular flexibility index (Phi) is 4.77. The van der Waals surface area contributed by atoms with Gasteiger partial charge < -0.3 is 9.84 Å². The van der Waals surface area contributed by atoms with Crippen LogP contribution in [0.15, 0.2) is 24.3 Å². The summed E-state index contributed by atoms with van der Waals surface area (Å²) in [5, 5.41) is 9.36. The highest BCUT2D eigenvalue weighted by Gasteiger charge is 2.39. The number of carboxylic acids is 1. The molecule has 0 saturated carbocycles. The molecule has 1 fully saturated rings. The quantitative estimate of drug-likeness (QED) is 0.907. The van der Waals surface area contributed by atoms with Gasteiger partial charge in [0.25, 0.3) is 0 Å². The van der Waals surface area contributed by atoms with Crippen LogP contribution in [0.2, 0.25) is 0 Å². The zero-order chi connectivity index (χ0) is 15.6. The highest BCUT2D eigenvalue weighted by molar-refractivity contribution is 5.74. The van der Waals surface area contributed by atoms with Crippen LogP contribution in [0.3, 0.4) is 0 Å². The van der Waals surface area contributed by atoms with Crippen LogP contribution in [0.1, 0.15) is 31.9 Å². The van der Waals surface area contributed by atoms with Gasteiger partial charge in [-0.25, -0.2) is 0 Å². The third kappa shape index (κ3) is 3.50. The molecular weight excluding hydrogens is 280 g/mol. The van der Waals surface area contributed by atoms with Crippen molar-refractivity contribution in [1.82, 2.24) is 4.90 Å². The van der Waals surface area contributed by atoms with Gasteiger partial charge in [-0.3, -0.25) is 9.69 Å². The lowest BCUT2D eigenvalue weighted by atomic mass is 10.0. The second kappa shape index (κ2) is 6.39. The molecule has 1 heterocycles. The predicted octanol–water partition coefficient (Wildman–Crippen LogP) is 3.14. The summed E-state index contributed by atoms with van der Waals surface area (Å²) in [6.07, 6.45) is 0.814. The first-order valence-corrected chi connectivity index (χ1v) is 6.93. The molecule has 116 valence electrons. The van der Waals surface area contributed by atoms with Crippen molar-refractivity contribution in [3.63, 3.8) is 0 Å². The van der Waals surface area contributed by atoms with E-state index >= 15 is 0 Å². The average Bonchev–Trinajstić information content (AvgIpc) is 2.79. The maximum absolute atomic E-state index is 12.3. The van der Waals surface area contributed by atoms with E-state index in [0.717, 1.165) is 12.0 Å². The van der Waals surface area contributed by atoms with E-state index in [9.17, 15) is 18.7 Å². The molecule has 0 aromatic heterocycles. The van der Waals surface area contributed by atoms with E-state index in [4.69, 9.17) is 0 Å². The van der Waals surface area contributed by atoms with Gasteiger partial charge in [0.15, 0.2) is 0 Å². The third-order valence-corrected chi connectivity index (χ3v) is 4.06. The molecule has 1 aromatic carbocycles. The summed E-state index contributed by atoms with van der Waals surface area (Å²) >= 11 is 0. The van der Waals surface area contributed by atoms with Crippen LogP contribution in [-0.2, 0) is 4.79 Å². The Morgan fingerprint density at radius 2 is 2.19 bits per heavy atom. The smallest absolute Gasteiger partial charge is 0.387 e. The normalized spacial score (nSPS) is 24.2. The van der Waals surface area contributed by atoms with Crippen molar-refractivity contribution in [2.75, 3.05) is 6.54 Å². The van der Waals surface area contributed by atoms with Gasteiger partial charge in [-0.15, -0.1) is 0 Å². The van der Waals surface area contributed by atoms with Gasteiger partial charge in [-0.1, -0.05) is 19.1 Å². The molecule has 0 bridgehead atoms. The van der Waals surface area contributed by atoms with Crippen molar-refractivity contribution in [3.05, 3.63) is 29.8 Å². The predicted molar refractivity (Wildman–Crippen MR) is 73.4 cm³/mol. The van der Waals surface area contributed by atoms with Crippen molar-refractivity contribution in [2.24, 2.45) is 5.92 Å². The van der Waals surface area contributed by atoms with Crippen molar-refractivity contribution in [2.45, 2.75) is 39.0 Å². The van der Waals surface area contributed by atoms with Gasteiger partial charge in [0.2, 0.25) is 0 Å². The Morgan fingerprint density at radius 1 is 1.48 bits per heavy atom. The third-order valence-electron chi connectivity index (χ3n) is 4.06. The van der Waals surface area contributed by atoms with Crippen LogP contribution in [0.4, 0.5) is 8.78 Å². The largest absolute Gasteiger partial charge is 0.480 e. The summed E-state index contributed by atoms with van der Waals surface area (Å²) in [7, 11) is 0. The molecule has 1 saturated heterocycles. The fraction of sp³-hybridized carbons (Fsp3) is 0.533. The number of rotatable bonds is 5. The number of alkyl halides is 2. The molecule has 0 amide bonds. The molecule has 2 rings (SSSR count). The first-order chi connectivity index (χ1) is 9.90. The van der Waals surface area contributed by atoms with E-state index in [1.165, 1.54) is 6.07 Å². The lowest BCUT2D eigenvalue weighted by Gasteiger charge is -2.30. The lowest BCUT2D eigenvalue weighted by Crippen LogP contribution is -2.40. The number of carbonyl (C=O) groups is 1. The van der Waals surface area contributed by atoms with E-state index in [-0.39, 0.29) is 17.7 Å². The molecule has 6 heteroatoms. The van der Waals surface area contributed by atoms with Crippen molar-refractivity contribution in [3.8, 4) is 5.75 Å². The Labute approximate surface area is 122 Å². The first-order valence-electron chi connectivity index (χ1n) is 6.93. The first kappa shape index (κ1) is 15.7. The fourth-order valence-electron chi connectivity index (χ4n) is 2.94. The topological polar surface area (TPSA) is 49.8 Å². The zero-order valence-corrected chi connectivity index (χ0v) is 12.0. The van der Waals surface area contributed by atoms with E-state index in [1.54, 1.807) is 18.2 Å². The van der Waals surface area contributed by atoms with Gasteiger partial charge in [-0.2, -0.15) is 8.78 Å². The van der Waals surface area contributed by atoms with E-state index in [1.807, 2.05) is 18.7 Å². The molecule has 3 unspecified atom stereocenters. The Bertz CT molecular complexity index is 509. The number of hydrogen-bond acceptors (Lipinski definition) is 3. The Hall–Kier alpha value is -1.69. The van der Waals surface area contributed by atoms with Gasteiger partial charge in [0.05, 0.1) is 0 Å². The lowest BCUT2D eigenvalue weighted by molar-refractivity contribution is -0.144. The Balaban J connectivity index is 2.19. The molecule has 0 aliphatic carbocycles. The summed E-state index contributed by atoms with van der Waals surface area (Å²) in [6, 6.07) is 5.73. The minimum Gasteiger partial charge on any atom is -0.480 e. The molecule has 1 aromatic rings. The summed E-state index contributed by atoms with van der Waals surface area (Å²) in [6.45, 7) is 1.62. The highest BCUT2D eigenvalue weighted by Crippen LogP contribution is 2.33. The van der Waals surface area contributed by atoms with Gasteiger partial charge in [-0.05, 0) is 43.5 Å². The van der Waals surface area contributed by atoms with Crippen LogP contribution in [0.25, 0.3) is 0 Å². The number of halogens is 2. The van der Waals surface area contributed by atoms with Crippen LogP contribution in [-0.4, -0.2) is 35.2 Å². The van der Waals surface area contributed by atoms with E-state index < -0.39 is 18.6 Å². The number of ether oxygens (including phenoxy) is 1. The van der Waals surface area contributed by atoms with Crippen molar-refractivity contribution >= 4 is 5.97 Å². The summed E-state index contributed by atoms with van der Waals surface area (Å²) in [5.74, 6) is -0.675. The standard InChI is InChI=1S/C15H19F2NO3/c1-9-6-7-18(13(9)14(19)20)10(2)11-4-3-5-12(8-11)21-15(16)17/h3-5,8-10,13,15H,6-7H2,1-2H3,(H,19,20). The van der Waals surface area contributed by atoms with Crippen LogP contribution < -0.4 is 4.74 Å². The van der Waals surface area contributed by atoms with Crippen LogP contribution in [0.5, 0.6) is 5.75 Å². The molecule has 0 spiro atoms. The van der Waals surface area contributed by atoms with Gasteiger partial charge >= 0.3 is 12.6 Å². The summed E-state index contributed by atoms with van der Waals surface area (Å²) < 4.78 is 28.9. The number of nitrogens with zero attached hydrogens (tertiary/aromatic N) is 1. The number of carboxylic acid groups (broad SMARTS) is 1. The average molecular weight is 299 g/mol. The highest BCUT2D eigenvalue weighted by atomic mass is 19.3. The maximum atomic E-state index is 12.3. The molecule has 4 nitrogen and oxygen atoms in total. The minimum absolute atomic E-state index is 0.0745. The number of hydrogen-bond donors (Lipinski definition) is 1. The molecule has 1 N–H and O–H groups in total. The van der Waals surface area contributed by atoms with E-state index in [0.29, 0.717) is 6.54 Å². The molecule has 21 heavy (non-hydrogen) atoms. The summed E-state index contributed by atoms with van der Waals surface area (Å²) in [5.41, 5.74) is 0.772. The van der Waals surface area contributed by atoms with Gasteiger partial charge in [0.1, 0.15) is 11.8 Å². The number of likely N-dealkylation sites (tertiary alicyclic amines) is 1. The molecular formula is C15H19F2NO3. The van der Waals surface area contributed by atoms with Crippen molar-refractivity contribution < 1.29 is 23.4 Å². The Morgan fingerprint density at radius 3 is 2.81 bits per heavy atom.